The lowest BCUT2D eigenvalue weighted by atomic mass is 9.85. The fraction of sp³-hybridized carbons (Fsp3) is 0.471. The van der Waals surface area contributed by atoms with Crippen molar-refractivity contribution in [2.24, 2.45) is 0 Å². The van der Waals surface area contributed by atoms with Gasteiger partial charge in [-0.25, -0.2) is 18.7 Å². The van der Waals surface area contributed by atoms with Crippen LogP contribution in [0.15, 0.2) is 24.3 Å². The molecule has 0 aliphatic heterocycles. The molecule has 6 nitrogen and oxygen atoms in total. The van der Waals surface area contributed by atoms with Gasteiger partial charge in [-0.15, -0.1) is 0 Å². The topological polar surface area (TPSA) is 78.4 Å². The van der Waals surface area contributed by atoms with Crippen LogP contribution < -0.4 is 5.32 Å². The zero-order chi connectivity index (χ0) is 18.0. The van der Waals surface area contributed by atoms with E-state index in [0.29, 0.717) is 23.3 Å². The van der Waals surface area contributed by atoms with Crippen molar-refractivity contribution in [1.82, 2.24) is 14.9 Å². The third-order valence-corrected chi connectivity index (χ3v) is 4.53. The molecule has 0 bridgehead atoms. The predicted octanol–water partition coefficient (Wildman–Crippen LogP) is 2.92. The van der Waals surface area contributed by atoms with Crippen molar-refractivity contribution in [2.75, 3.05) is 18.4 Å². The molecule has 0 amide bonds. The van der Waals surface area contributed by atoms with Gasteiger partial charge in [0.1, 0.15) is 5.82 Å². The van der Waals surface area contributed by atoms with Crippen LogP contribution >= 0.6 is 0 Å². The van der Waals surface area contributed by atoms with Gasteiger partial charge in [0.25, 0.3) is 6.43 Å². The number of hydrogen-bond acceptors (Lipinski definition) is 5. The van der Waals surface area contributed by atoms with Crippen LogP contribution in [0.4, 0.5) is 14.6 Å². The lowest BCUT2D eigenvalue weighted by molar-refractivity contribution is -0.139. The standard InChI is InChI=1S/C17H20F2N4O2/c1-2-23(9-14(24)25)11-7-10(8-11)20-16-12-5-3-4-6-13(12)21-17(22-16)15(18)19/h3-6,10-11,15H,2,7-9H2,1H3,(H,24,25)(H,20,21,22). The zero-order valence-electron chi connectivity index (χ0n) is 13.8. The van der Waals surface area contributed by atoms with Crippen molar-refractivity contribution in [3.8, 4) is 0 Å². The number of hydrogen-bond donors (Lipinski definition) is 2. The van der Waals surface area contributed by atoms with E-state index < -0.39 is 18.2 Å². The van der Waals surface area contributed by atoms with Crippen LogP contribution in [0.2, 0.25) is 0 Å². The Bertz CT molecular complexity index is 765. The SMILES string of the molecule is CCN(CC(=O)O)C1CC(Nc2nc(C(F)F)nc3ccccc23)C1. The zero-order valence-corrected chi connectivity index (χ0v) is 13.8. The first kappa shape index (κ1) is 17.5. The molecule has 0 unspecified atom stereocenters. The van der Waals surface area contributed by atoms with Gasteiger partial charge in [0.2, 0.25) is 0 Å². The molecule has 134 valence electrons. The molecule has 0 saturated heterocycles. The van der Waals surface area contributed by atoms with Crippen LogP contribution in [0.25, 0.3) is 10.9 Å². The van der Waals surface area contributed by atoms with Crippen molar-refractivity contribution in [3.63, 3.8) is 0 Å². The molecule has 1 aromatic heterocycles. The van der Waals surface area contributed by atoms with E-state index in [1.807, 2.05) is 17.9 Å². The molecule has 1 fully saturated rings. The Morgan fingerprint density at radius 3 is 2.72 bits per heavy atom. The van der Waals surface area contributed by atoms with E-state index in [1.165, 1.54) is 0 Å². The van der Waals surface area contributed by atoms with Gasteiger partial charge in [-0.3, -0.25) is 9.69 Å². The summed E-state index contributed by atoms with van der Waals surface area (Å²) >= 11 is 0. The maximum Gasteiger partial charge on any atom is 0.317 e. The third-order valence-electron chi connectivity index (χ3n) is 4.53. The van der Waals surface area contributed by atoms with Gasteiger partial charge in [0.15, 0.2) is 5.82 Å². The molecule has 1 aromatic carbocycles. The second-order valence-electron chi connectivity index (χ2n) is 6.17. The number of nitrogens with one attached hydrogen (secondary N) is 1. The number of carbonyl (C=O) groups is 1. The molecule has 3 rings (SSSR count). The van der Waals surface area contributed by atoms with E-state index in [-0.39, 0.29) is 18.6 Å². The number of nitrogens with zero attached hydrogens (tertiary/aromatic N) is 3. The number of halogens is 2. The normalized spacial score (nSPS) is 20.0. The minimum atomic E-state index is -2.73. The average molecular weight is 350 g/mol. The summed E-state index contributed by atoms with van der Waals surface area (Å²) in [5.74, 6) is -0.926. The highest BCUT2D eigenvalue weighted by atomic mass is 19.3. The highest BCUT2D eigenvalue weighted by molar-refractivity contribution is 5.89. The molecular weight excluding hydrogens is 330 g/mol. The Labute approximate surface area is 143 Å². The van der Waals surface area contributed by atoms with Gasteiger partial charge in [-0.05, 0) is 31.5 Å². The van der Waals surface area contributed by atoms with Gasteiger partial charge < -0.3 is 10.4 Å². The van der Waals surface area contributed by atoms with Gasteiger partial charge >= 0.3 is 5.97 Å². The van der Waals surface area contributed by atoms with Crippen LogP contribution in [0.5, 0.6) is 0 Å². The fourth-order valence-corrected chi connectivity index (χ4v) is 3.17. The molecule has 0 spiro atoms. The molecule has 1 heterocycles. The number of carboxylic acids is 1. The van der Waals surface area contributed by atoms with Crippen LogP contribution in [0.3, 0.4) is 0 Å². The smallest absolute Gasteiger partial charge is 0.317 e. The Morgan fingerprint density at radius 1 is 1.36 bits per heavy atom. The van der Waals surface area contributed by atoms with Gasteiger partial charge in [-0.2, -0.15) is 0 Å². The molecule has 0 atom stereocenters. The Kier molecular flexibility index (Phi) is 5.08. The summed E-state index contributed by atoms with van der Waals surface area (Å²) in [7, 11) is 0. The fourth-order valence-electron chi connectivity index (χ4n) is 3.17. The number of para-hydroxylation sites is 1. The van der Waals surface area contributed by atoms with Crippen molar-refractivity contribution in [1.29, 1.82) is 0 Å². The lowest BCUT2D eigenvalue weighted by Crippen LogP contribution is -2.51. The van der Waals surface area contributed by atoms with Crippen molar-refractivity contribution in [2.45, 2.75) is 38.3 Å². The summed E-state index contributed by atoms with van der Waals surface area (Å²) in [6.45, 7) is 2.60. The Hall–Kier alpha value is -2.35. The lowest BCUT2D eigenvalue weighted by Gasteiger charge is -2.42. The molecule has 1 aliphatic rings. The first-order chi connectivity index (χ1) is 12.0. The van der Waals surface area contributed by atoms with Crippen LogP contribution in [-0.4, -0.2) is 51.1 Å². The monoisotopic (exact) mass is 350 g/mol. The van der Waals surface area contributed by atoms with Crippen LogP contribution in [-0.2, 0) is 4.79 Å². The van der Waals surface area contributed by atoms with Crippen molar-refractivity contribution < 1.29 is 18.7 Å². The highest BCUT2D eigenvalue weighted by Gasteiger charge is 2.34. The molecule has 2 aromatic rings. The van der Waals surface area contributed by atoms with Crippen molar-refractivity contribution in [3.05, 3.63) is 30.1 Å². The molecule has 1 aliphatic carbocycles. The molecule has 2 N–H and O–H groups in total. The number of carboxylic acid groups (broad SMARTS) is 1. The number of rotatable bonds is 7. The second kappa shape index (κ2) is 7.26. The first-order valence-electron chi connectivity index (χ1n) is 8.25. The van der Waals surface area contributed by atoms with E-state index in [0.717, 1.165) is 12.8 Å². The average Bonchev–Trinajstić information content (AvgIpc) is 2.55. The summed E-state index contributed by atoms with van der Waals surface area (Å²) in [5.41, 5.74) is 0.479. The van der Waals surface area contributed by atoms with Crippen molar-refractivity contribution >= 4 is 22.7 Å². The number of anilines is 1. The third kappa shape index (κ3) is 3.84. The first-order valence-corrected chi connectivity index (χ1v) is 8.25. The van der Waals surface area contributed by atoms with E-state index in [4.69, 9.17) is 5.11 Å². The molecule has 25 heavy (non-hydrogen) atoms. The number of benzene rings is 1. The van der Waals surface area contributed by atoms with E-state index in [9.17, 15) is 13.6 Å². The van der Waals surface area contributed by atoms with Crippen LogP contribution in [0.1, 0.15) is 32.0 Å². The summed E-state index contributed by atoms with van der Waals surface area (Å²) in [6, 6.07) is 7.31. The Morgan fingerprint density at radius 2 is 2.08 bits per heavy atom. The number of aliphatic carboxylic acids is 1. The number of aromatic nitrogens is 2. The van der Waals surface area contributed by atoms with Gasteiger partial charge in [-0.1, -0.05) is 19.1 Å². The second-order valence-corrected chi connectivity index (χ2v) is 6.17. The van der Waals surface area contributed by atoms with Crippen LogP contribution in [0, 0.1) is 0 Å². The van der Waals surface area contributed by atoms with Gasteiger partial charge in [0, 0.05) is 17.5 Å². The van der Waals surface area contributed by atoms with E-state index in [1.54, 1.807) is 18.2 Å². The maximum absolute atomic E-state index is 13.0. The number of fused-ring (bicyclic) bond motifs is 1. The molecular formula is C17H20F2N4O2. The maximum atomic E-state index is 13.0. The molecule has 0 radical (unpaired) electrons. The summed E-state index contributed by atoms with van der Waals surface area (Å²) in [6.07, 6.45) is -1.22. The number of alkyl halides is 2. The van der Waals surface area contributed by atoms with Gasteiger partial charge in [0.05, 0.1) is 12.1 Å². The minimum absolute atomic E-state index is 0.0137. The largest absolute Gasteiger partial charge is 0.480 e. The molecule has 8 heteroatoms. The van der Waals surface area contributed by atoms with E-state index in [2.05, 4.69) is 15.3 Å². The predicted molar refractivity (Wildman–Crippen MR) is 89.8 cm³/mol. The highest BCUT2D eigenvalue weighted by Crippen LogP contribution is 2.31. The summed E-state index contributed by atoms with van der Waals surface area (Å²) in [4.78, 5) is 20.7. The summed E-state index contributed by atoms with van der Waals surface area (Å²) < 4.78 is 26.1. The molecule has 1 saturated carbocycles. The number of likely N-dealkylation sites (N-methyl/N-ethyl adjacent to an activating group) is 1. The quantitative estimate of drug-likeness (QED) is 0.799. The Balaban J connectivity index is 1.73. The summed E-state index contributed by atoms with van der Waals surface area (Å²) in [5, 5.41) is 12.9. The minimum Gasteiger partial charge on any atom is -0.480 e. The van der Waals surface area contributed by atoms with E-state index >= 15 is 0 Å².